The van der Waals surface area contributed by atoms with Crippen LogP contribution in [0.15, 0.2) is 42.6 Å². The smallest absolute Gasteiger partial charge is 0.223 e. The summed E-state index contributed by atoms with van der Waals surface area (Å²) in [5.74, 6) is 2.14. The van der Waals surface area contributed by atoms with Gasteiger partial charge in [0.05, 0.1) is 0 Å². The summed E-state index contributed by atoms with van der Waals surface area (Å²) in [7, 11) is 0. The number of pyridine rings is 1. The Kier molecular flexibility index (Phi) is 5.41. The molecule has 0 radical (unpaired) electrons. The number of benzene rings is 1. The monoisotopic (exact) mass is 381 g/mol. The van der Waals surface area contributed by atoms with Gasteiger partial charge in [-0.15, -0.1) is 0 Å². The number of nitrogens with zero attached hydrogens (tertiary/aromatic N) is 3. The van der Waals surface area contributed by atoms with Gasteiger partial charge in [0.1, 0.15) is 19.0 Å². The first kappa shape index (κ1) is 18.3. The van der Waals surface area contributed by atoms with Crippen LogP contribution in [0.5, 0.6) is 11.5 Å². The third-order valence-corrected chi connectivity index (χ3v) is 5.04. The minimum absolute atomic E-state index is 0.0200. The van der Waals surface area contributed by atoms with Gasteiger partial charge in [0, 0.05) is 50.8 Å². The van der Waals surface area contributed by atoms with E-state index in [0.29, 0.717) is 43.4 Å². The molecule has 3 heterocycles. The quantitative estimate of drug-likeness (QED) is 0.739. The summed E-state index contributed by atoms with van der Waals surface area (Å²) >= 11 is 0. The second kappa shape index (κ2) is 8.29. The van der Waals surface area contributed by atoms with Crippen LogP contribution < -0.4 is 14.4 Å². The lowest BCUT2D eigenvalue weighted by atomic mass is 10.1. The average molecular weight is 381 g/mol. The van der Waals surface area contributed by atoms with Crippen molar-refractivity contribution < 1.29 is 19.1 Å². The van der Waals surface area contributed by atoms with Gasteiger partial charge in [0.25, 0.3) is 0 Å². The van der Waals surface area contributed by atoms with Crippen molar-refractivity contribution in [2.24, 2.45) is 0 Å². The standard InChI is InChI=1S/C21H23N3O4/c25-17(16-4-6-18-19(15-16)28-14-13-27-18)5-7-21(26)24-11-9-23(10-12-24)20-3-1-2-8-22-20/h1-4,6,8,15H,5,7,9-14H2. The molecule has 2 aliphatic rings. The molecule has 1 amide bonds. The molecule has 0 N–H and O–H groups in total. The molecule has 0 aliphatic carbocycles. The van der Waals surface area contributed by atoms with Gasteiger partial charge in [0.15, 0.2) is 17.3 Å². The summed E-state index contributed by atoms with van der Waals surface area (Å²) in [5.41, 5.74) is 0.553. The second-order valence-electron chi connectivity index (χ2n) is 6.84. The van der Waals surface area contributed by atoms with E-state index in [9.17, 15) is 9.59 Å². The fourth-order valence-corrected chi connectivity index (χ4v) is 3.47. The zero-order chi connectivity index (χ0) is 19.3. The molecule has 1 saturated heterocycles. The van der Waals surface area contributed by atoms with E-state index in [2.05, 4.69) is 9.88 Å². The van der Waals surface area contributed by atoms with Crippen LogP contribution in [0.1, 0.15) is 23.2 Å². The first-order valence-electron chi connectivity index (χ1n) is 9.57. The molecule has 0 spiro atoms. The number of carbonyl (C=O) groups is 2. The number of aromatic nitrogens is 1. The first-order valence-corrected chi connectivity index (χ1v) is 9.57. The second-order valence-corrected chi connectivity index (χ2v) is 6.84. The summed E-state index contributed by atoms with van der Waals surface area (Å²) < 4.78 is 11.0. The lowest BCUT2D eigenvalue weighted by Crippen LogP contribution is -2.49. The number of piperazine rings is 1. The Labute approximate surface area is 163 Å². The normalized spacial score (nSPS) is 16.0. The number of hydrogen-bond acceptors (Lipinski definition) is 6. The number of anilines is 1. The summed E-state index contributed by atoms with van der Waals surface area (Å²) in [6, 6.07) is 11.0. The predicted molar refractivity (Wildman–Crippen MR) is 104 cm³/mol. The van der Waals surface area contributed by atoms with E-state index in [1.807, 2.05) is 23.1 Å². The number of fused-ring (bicyclic) bond motifs is 1. The highest BCUT2D eigenvalue weighted by atomic mass is 16.6. The molecule has 7 nitrogen and oxygen atoms in total. The van der Waals surface area contributed by atoms with Crippen LogP contribution in [0.25, 0.3) is 0 Å². The van der Waals surface area contributed by atoms with Gasteiger partial charge in [0.2, 0.25) is 5.91 Å². The molecule has 4 rings (SSSR count). The SMILES string of the molecule is O=C(CCC(=O)N1CCN(c2ccccn2)CC1)c1ccc2c(c1)OCCO2. The highest BCUT2D eigenvalue weighted by Crippen LogP contribution is 2.31. The van der Waals surface area contributed by atoms with E-state index < -0.39 is 0 Å². The average Bonchev–Trinajstić information content (AvgIpc) is 2.77. The van der Waals surface area contributed by atoms with Crippen LogP contribution in [0, 0.1) is 0 Å². The van der Waals surface area contributed by atoms with E-state index in [4.69, 9.17) is 9.47 Å². The Morgan fingerprint density at radius 3 is 2.46 bits per heavy atom. The fraction of sp³-hybridized carbons (Fsp3) is 0.381. The van der Waals surface area contributed by atoms with Crippen molar-refractivity contribution in [2.45, 2.75) is 12.8 Å². The lowest BCUT2D eigenvalue weighted by molar-refractivity contribution is -0.131. The number of amides is 1. The largest absolute Gasteiger partial charge is 0.486 e. The van der Waals surface area contributed by atoms with Crippen LogP contribution in [-0.4, -0.2) is 61.0 Å². The number of carbonyl (C=O) groups excluding carboxylic acids is 2. The molecule has 0 unspecified atom stereocenters. The molecule has 1 fully saturated rings. The Morgan fingerprint density at radius 2 is 1.71 bits per heavy atom. The highest BCUT2D eigenvalue weighted by Gasteiger charge is 2.22. The van der Waals surface area contributed by atoms with Gasteiger partial charge in [-0.1, -0.05) is 6.07 Å². The maximum Gasteiger partial charge on any atom is 0.223 e. The predicted octanol–water partition coefficient (Wildman–Crippen LogP) is 2.16. The van der Waals surface area contributed by atoms with Crippen molar-refractivity contribution in [3.8, 4) is 11.5 Å². The summed E-state index contributed by atoms with van der Waals surface area (Å²) in [4.78, 5) is 33.3. The van der Waals surface area contributed by atoms with Gasteiger partial charge in [-0.2, -0.15) is 0 Å². The third kappa shape index (κ3) is 4.08. The van der Waals surface area contributed by atoms with Gasteiger partial charge < -0.3 is 19.3 Å². The molecule has 1 aromatic heterocycles. The minimum atomic E-state index is -0.0579. The number of rotatable bonds is 5. The van der Waals surface area contributed by atoms with Gasteiger partial charge in [-0.05, 0) is 30.3 Å². The van der Waals surface area contributed by atoms with E-state index in [1.165, 1.54) is 0 Å². The molecule has 0 atom stereocenters. The van der Waals surface area contributed by atoms with E-state index in [0.717, 1.165) is 18.9 Å². The third-order valence-electron chi connectivity index (χ3n) is 5.04. The maximum absolute atomic E-state index is 12.5. The van der Waals surface area contributed by atoms with Gasteiger partial charge >= 0.3 is 0 Å². The van der Waals surface area contributed by atoms with Crippen molar-refractivity contribution >= 4 is 17.5 Å². The van der Waals surface area contributed by atoms with Crippen LogP contribution in [0.2, 0.25) is 0 Å². The van der Waals surface area contributed by atoms with Crippen LogP contribution >= 0.6 is 0 Å². The number of ether oxygens (including phenoxy) is 2. The van der Waals surface area contributed by atoms with Crippen LogP contribution in [0.4, 0.5) is 5.82 Å². The van der Waals surface area contributed by atoms with Crippen molar-refractivity contribution in [3.05, 3.63) is 48.2 Å². The first-order chi connectivity index (χ1) is 13.7. The molecule has 146 valence electrons. The molecule has 7 heteroatoms. The molecule has 2 aromatic rings. The number of Topliss-reactive ketones (excluding diaryl/α,β-unsaturated/α-hetero) is 1. The fourth-order valence-electron chi connectivity index (χ4n) is 3.47. The molecule has 1 aromatic carbocycles. The molecule has 2 aliphatic heterocycles. The van der Waals surface area contributed by atoms with E-state index >= 15 is 0 Å². The molecule has 0 bridgehead atoms. The summed E-state index contributed by atoms with van der Waals surface area (Å²) in [5, 5.41) is 0. The zero-order valence-electron chi connectivity index (χ0n) is 15.7. The number of ketones is 1. The highest BCUT2D eigenvalue weighted by molar-refractivity contribution is 5.98. The molecular formula is C21H23N3O4. The maximum atomic E-state index is 12.5. The Hall–Kier alpha value is -3.09. The number of hydrogen-bond donors (Lipinski definition) is 0. The van der Waals surface area contributed by atoms with Crippen LogP contribution in [-0.2, 0) is 4.79 Å². The Bertz CT molecular complexity index is 848. The summed E-state index contributed by atoms with van der Waals surface area (Å²) in [6.45, 7) is 3.79. The minimum Gasteiger partial charge on any atom is -0.486 e. The van der Waals surface area contributed by atoms with Crippen LogP contribution in [0.3, 0.4) is 0 Å². The van der Waals surface area contributed by atoms with Gasteiger partial charge in [-0.25, -0.2) is 4.98 Å². The topological polar surface area (TPSA) is 72.0 Å². The molecule has 28 heavy (non-hydrogen) atoms. The Morgan fingerprint density at radius 1 is 0.929 bits per heavy atom. The molecular weight excluding hydrogens is 358 g/mol. The van der Waals surface area contributed by atoms with Gasteiger partial charge in [-0.3, -0.25) is 9.59 Å². The van der Waals surface area contributed by atoms with Crippen molar-refractivity contribution in [1.29, 1.82) is 0 Å². The molecule has 0 saturated carbocycles. The summed E-state index contributed by atoms with van der Waals surface area (Å²) in [6.07, 6.45) is 2.19. The Balaban J connectivity index is 1.27. The lowest BCUT2D eigenvalue weighted by Gasteiger charge is -2.35. The van der Waals surface area contributed by atoms with Crippen molar-refractivity contribution in [3.63, 3.8) is 0 Å². The van der Waals surface area contributed by atoms with E-state index in [1.54, 1.807) is 24.4 Å². The van der Waals surface area contributed by atoms with Crippen molar-refractivity contribution in [2.75, 3.05) is 44.3 Å². The van der Waals surface area contributed by atoms with Crippen molar-refractivity contribution in [1.82, 2.24) is 9.88 Å². The zero-order valence-corrected chi connectivity index (χ0v) is 15.7. The van der Waals surface area contributed by atoms with E-state index in [-0.39, 0.29) is 24.5 Å².